The highest BCUT2D eigenvalue weighted by molar-refractivity contribution is 7.91. The number of aromatic hydroxyl groups is 1. The summed E-state index contributed by atoms with van der Waals surface area (Å²) in [6.07, 6.45) is 0.424. The Bertz CT molecular complexity index is 902. The minimum absolute atomic E-state index is 0.0301. The number of benzene rings is 1. The van der Waals surface area contributed by atoms with Crippen LogP contribution in [0.5, 0.6) is 5.75 Å². The number of aryl methyl sites for hydroxylation is 1. The Morgan fingerprint density at radius 2 is 2.12 bits per heavy atom. The van der Waals surface area contributed by atoms with Gasteiger partial charge >= 0.3 is 0 Å². The highest BCUT2D eigenvalue weighted by atomic mass is 32.2. The lowest BCUT2D eigenvalue weighted by molar-refractivity contribution is 0.0936. The third-order valence-corrected chi connectivity index (χ3v) is 6.14. The second-order valence-electron chi connectivity index (χ2n) is 6.14. The molecular weight excluding hydrogens is 330 g/mol. The molecule has 0 aliphatic carbocycles. The number of hydrogen-bond donors (Lipinski definition) is 3. The van der Waals surface area contributed by atoms with Crippen LogP contribution in [0.4, 0.5) is 0 Å². The Kier molecular flexibility index (Phi) is 4.08. The molecule has 1 amide bonds. The van der Waals surface area contributed by atoms with Gasteiger partial charge in [-0.25, -0.2) is 8.42 Å². The van der Waals surface area contributed by atoms with E-state index in [2.05, 4.69) is 15.5 Å². The van der Waals surface area contributed by atoms with Crippen LogP contribution in [-0.2, 0) is 9.84 Å². The van der Waals surface area contributed by atoms with Gasteiger partial charge in [-0.2, -0.15) is 5.10 Å². The molecule has 0 spiro atoms. The van der Waals surface area contributed by atoms with Gasteiger partial charge < -0.3 is 10.4 Å². The van der Waals surface area contributed by atoms with Crippen molar-refractivity contribution >= 4 is 15.7 Å². The number of aromatic amines is 1. The summed E-state index contributed by atoms with van der Waals surface area (Å²) >= 11 is 0. The van der Waals surface area contributed by atoms with Crippen LogP contribution in [0.2, 0.25) is 0 Å². The molecule has 3 N–H and O–H groups in total. The summed E-state index contributed by atoms with van der Waals surface area (Å²) in [6.45, 7) is 3.72. The van der Waals surface area contributed by atoms with Crippen molar-refractivity contribution in [1.29, 1.82) is 0 Å². The fraction of sp³-hybridized carbons (Fsp3) is 0.375. The summed E-state index contributed by atoms with van der Waals surface area (Å²) in [4.78, 5) is 12.2. The number of phenols is 1. The molecule has 7 nitrogen and oxygen atoms in total. The number of aromatic nitrogens is 2. The number of H-pyrrole nitrogens is 1. The van der Waals surface area contributed by atoms with Crippen molar-refractivity contribution < 1.29 is 18.3 Å². The Morgan fingerprint density at radius 1 is 1.38 bits per heavy atom. The Morgan fingerprint density at radius 3 is 2.79 bits per heavy atom. The van der Waals surface area contributed by atoms with Gasteiger partial charge in [-0.3, -0.25) is 9.89 Å². The molecule has 1 aromatic heterocycles. The molecule has 2 aromatic rings. The van der Waals surface area contributed by atoms with Gasteiger partial charge in [-0.1, -0.05) is 6.07 Å². The zero-order valence-electron chi connectivity index (χ0n) is 13.5. The maximum atomic E-state index is 12.2. The van der Waals surface area contributed by atoms with Crippen molar-refractivity contribution in [3.05, 3.63) is 35.0 Å². The van der Waals surface area contributed by atoms with E-state index in [1.807, 2.05) is 19.9 Å². The second kappa shape index (κ2) is 5.94. The van der Waals surface area contributed by atoms with Crippen LogP contribution in [0, 0.1) is 13.8 Å². The molecule has 3 rings (SSSR count). The predicted molar refractivity (Wildman–Crippen MR) is 89.7 cm³/mol. The first-order chi connectivity index (χ1) is 11.3. The van der Waals surface area contributed by atoms with E-state index in [1.54, 1.807) is 12.1 Å². The smallest absolute Gasteiger partial charge is 0.269 e. The second-order valence-corrected chi connectivity index (χ2v) is 8.37. The van der Waals surface area contributed by atoms with Crippen molar-refractivity contribution in [3.63, 3.8) is 0 Å². The van der Waals surface area contributed by atoms with Crippen LogP contribution in [0.25, 0.3) is 11.3 Å². The van der Waals surface area contributed by atoms with E-state index in [1.165, 1.54) is 0 Å². The van der Waals surface area contributed by atoms with Crippen LogP contribution in [0.15, 0.2) is 18.2 Å². The highest BCUT2D eigenvalue weighted by Gasteiger charge is 2.29. The van der Waals surface area contributed by atoms with Crippen molar-refractivity contribution in [3.8, 4) is 17.0 Å². The van der Waals surface area contributed by atoms with Gasteiger partial charge in [0.05, 0.1) is 17.2 Å². The first-order valence-corrected chi connectivity index (χ1v) is 9.45. The molecule has 24 heavy (non-hydrogen) atoms. The zero-order valence-corrected chi connectivity index (χ0v) is 14.3. The zero-order chi connectivity index (χ0) is 17.5. The fourth-order valence-corrected chi connectivity index (χ4v) is 4.43. The average Bonchev–Trinajstić information content (AvgIpc) is 3.12. The first-order valence-electron chi connectivity index (χ1n) is 7.63. The molecule has 1 fully saturated rings. The van der Waals surface area contributed by atoms with Gasteiger partial charge in [0.15, 0.2) is 9.84 Å². The summed E-state index contributed by atoms with van der Waals surface area (Å²) in [5.74, 6) is -0.199. The van der Waals surface area contributed by atoms with Gasteiger partial charge in [0.1, 0.15) is 11.4 Å². The summed E-state index contributed by atoms with van der Waals surface area (Å²) in [6, 6.07) is 4.80. The van der Waals surface area contributed by atoms with Gasteiger partial charge in [0.2, 0.25) is 0 Å². The molecule has 0 radical (unpaired) electrons. The lowest BCUT2D eigenvalue weighted by Crippen LogP contribution is -2.35. The number of carbonyl (C=O) groups excluding carboxylic acids is 1. The molecule has 0 unspecified atom stereocenters. The molecule has 0 saturated carbocycles. The van der Waals surface area contributed by atoms with Crippen molar-refractivity contribution in [1.82, 2.24) is 15.5 Å². The molecule has 8 heteroatoms. The normalized spacial score (nSPS) is 19.3. The largest absolute Gasteiger partial charge is 0.507 e. The lowest BCUT2D eigenvalue weighted by Gasteiger charge is -2.09. The minimum Gasteiger partial charge on any atom is -0.507 e. The molecular formula is C16H19N3O4S. The maximum Gasteiger partial charge on any atom is 0.269 e. The lowest BCUT2D eigenvalue weighted by atomic mass is 10.0. The number of nitrogens with zero attached hydrogens (tertiary/aromatic N) is 1. The number of rotatable bonds is 3. The van der Waals surface area contributed by atoms with Crippen LogP contribution in [0.3, 0.4) is 0 Å². The number of amides is 1. The van der Waals surface area contributed by atoms with E-state index >= 15 is 0 Å². The van der Waals surface area contributed by atoms with E-state index < -0.39 is 15.7 Å². The SMILES string of the molecule is Cc1ccc(-c2cc(C(=O)N[C@H]3CCS(=O)(=O)C3)[nH]n2)c(O)c1C. The van der Waals surface area contributed by atoms with Crippen LogP contribution in [0.1, 0.15) is 28.0 Å². The summed E-state index contributed by atoms with van der Waals surface area (Å²) in [7, 11) is -3.05. The van der Waals surface area contributed by atoms with Crippen molar-refractivity contribution in [2.24, 2.45) is 0 Å². The van der Waals surface area contributed by atoms with E-state index in [0.717, 1.165) is 11.1 Å². The molecule has 0 bridgehead atoms. The maximum absolute atomic E-state index is 12.2. The fourth-order valence-electron chi connectivity index (χ4n) is 2.76. The van der Waals surface area contributed by atoms with Gasteiger partial charge in [-0.15, -0.1) is 0 Å². The number of carbonyl (C=O) groups is 1. The number of phenolic OH excluding ortho intramolecular Hbond substituents is 1. The van der Waals surface area contributed by atoms with Crippen molar-refractivity contribution in [2.45, 2.75) is 26.3 Å². The van der Waals surface area contributed by atoms with Crippen LogP contribution in [-0.4, -0.2) is 47.2 Å². The predicted octanol–water partition coefficient (Wildman–Crippen LogP) is 1.32. The Labute approximate surface area is 140 Å². The third-order valence-electron chi connectivity index (χ3n) is 4.37. The first kappa shape index (κ1) is 16.5. The Hall–Kier alpha value is -2.35. The molecule has 1 atom stereocenters. The van der Waals surface area contributed by atoms with E-state index in [-0.39, 0.29) is 29.0 Å². The molecule has 1 aliphatic rings. The molecule has 1 aliphatic heterocycles. The number of sulfone groups is 1. The van der Waals surface area contributed by atoms with E-state index in [9.17, 15) is 18.3 Å². The number of hydrogen-bond acceptors (Lipinski definition) is 5. The van der Waals surface area contributed by atoms with Gasteiger partial charge in [0.25, 0.3) is 5.91 Å². The molecule has 2 heterocycles. The minimum atomic E-state index is -3.05. The summed E-state index contributed by atoms with van der Waals surface area (Å²) in [5.41, 5.74) is 2.95. The van der Waals surface area contributed by atoms with Crippen molar-refractivity contribution in [2.75, 3.05) is 11.5 Å². The third kappa shape index (κ3) is 3.14. The van der Waals surface area contributed by atoms with Crippen LogP contribution >= 0.6 is 0 Å². The standard InChI is InChI=1S/C16H19N3O4S/c1-9-3-4-12(15(20)10(9)2)13-7-14(19-18-13)16(21)17-11-5-6-24(22,23)8-11/h3-4,7,11,20H,5-6,8H2,1-2H3,(H,17,21)(H,18,19)/t11-/m0/s1. The van der Waals surface area contributed by atoms with Gasteiger partial charge in [-0.05, 0) is 43.5 Å². The molecule has 128 valence electrons. The molecule has 1 aromatic carbocycles. The van der Waals surface area contributed by atoms with E-state index in [4.69, 9.17) is 0 Å². The summed E-state index contributed by atoms with van der Waals surface area (Å²) < 4.78 is 22.9. The van der Waals surface area contributed by atoms with Gasteiger partial charge in [0, 0.05) is 11.6 Å². The Balaban J connectivity index is 1.79. The average molecular weight is 349 g/mol. The highest BCUT2D eigenvalue weighted by Crippen LogP contribution is 2.32. The number of nitrogens with one attached hydrogen (secondary N) is 2. The van der Waals surface area contributed by atoms with E-state index in [0.29, 0.717) is 17.7 Å². The molecule has 1 saturated heterocycles. The summed E-state index contributed by atoms with van der Waals surface area (Å²) in [5, 5.41) is 19.7. The quantitative estimate of drug-likeness (QED) is 0.773. The van der Waals surface area contributed by atoms with Crippen LogP contribution < -0.4 is 5.32 Å². The monoisotopic (exact) mass is 349 g/mol. The topological polar surface area (TPSA) is 112 Å².